The fourth-order valence-electron chi connectivity index (χ4n) is 1.48. The average molecular weight is 336 g/mol. The lowest BCUT2D eigenvalue weighted by molar-refractivity contribution is -0.159. The van der Waals surface area contributed by atoms with Crippen LogP contribution in [0.1, 0.15) is 6.42 Å². The number of carbonyl (C=O) groups is 2. The molecule has 0 saturated carbocycles. The molecule has 24 heavy (non-hydrogen) atoms. The predicted molar refractivity (Wildman–Crippen MR) is 83.5 cm³/mol. The summed E-state index contributed by atoms with van der Waals surface area (Å²) < 4.78 is 20.8. The monoisotopic (exact) mass is 336 g/mol. The van der Waals surface area contributed by atoms with Crippen LogP contribution in [-0.4, -0.2) is 57.1 Å². The van der Waals surface area contributed by atoms with Crippen LogP contribution in [0, 0.1) is 17.9 Å². The molecule has 0 aliphatic carbocycles. The van der Waals surface area contributed by atoms with Gasteiger partial charge in [0.2, 0.25) is 6.54 Å². The highest BCUT2D eigenvalue weighted by Crippen LogP contribution is 2.09. The Morgan fingerprint density at radius 2 is 1.58 bits per heavy atom. The van der Waals surface area contributed by atoms with Crippen molar-refractivity contribution in [1.29, 1.82) is 5.26 Å². The highest BCUT2D eigenvalue weighted by molar-refractivity contribution is 5.81. The molecule has 130 valence electrons. The van der Waals surface area contributed by atoms with Gasteiger partial charge in [-0.15, -0.1) is 0 Å². The summed E-state index contributed by atoms with van der Waals surface area (Å²) in [6.07, 6.45) is 0.587. The minimum atomic E-state index is -0.773. The van der Waals surface area contributed by atoms with Gasteiger partial charge in [0.05, 0.1) is 19.1 Å². The van der Waals surface area contributed by atoms with E-state index >= 15 is 0 Å². The third-order valence-corrected chi connectivity index (χ3v) is 2.61. The summed E-state index contributed by atoms with van der Waals surface area (Å²) in [5.74, 6) is -1.29. The molecule has 0 spiro atoms. The molecular weight excluding hydrogens is 316 g/mol. The quantitative estimate of drug-likeness (QED) is 0.214. The highest BCUT2D eigenvalue weighted by atomic mass is 16.6. The van der Waals surface area contributed by atoms with E-state index in [1.54, 1.807) is 0 Å². The average Bonchev–Trinajstić information content (AvgIpc) is 2.60. The van der Waals surface area contributed by atoms with E-state index < -0.39 is 24.1 Å². The number of hydrogen-bond donors (Lipinski definition) is 0. The molecule has 0 N–H and O–H groups in total. The van der Waals surface area contributed by atoms with E-state index in [0.29, 0.717) is 0 Å². The van der Waals surface area contributed by atoms with Gasteiger partial charge in [-0.05, 0) is 0 Å². The van der Waals surface area contributed by atoms with Crippen LogP contribution < -0.4 is 0 Å². The minimum Gasteiger partial charge on any atom is -0.460 e. The number of nitriles is 1. The van der Waals surface area contributed by atoms with Gasteiger partial charge in [0.25, 0.3) is 0 Å². The normalized spacial score (nSPS) is 12.1. The Labute approximate surface area is 141 Å². The molecule has 0 amide bonds. The molecule has 0 saturated heterocycles. The summed E-state index contributed by atoms with van der Waals surface area (Å²) in [4.78, 5) is 25.6. The SMILES string of the molecule is [C-]#[N+]CCOC(COC(=O)C=C)C(COC(=O)C=C)OCCC#N. The maximum absolute atomic E-state index is 11.2. The van der Waals surface area contributed by atoms with Crippen molar-refractivity contribution in [3.63, 3.8) is 0 Å². The molecule has 2 atom stereocenters. The molecule has 0 bridgehead atoms. The second-order valence-corrected chi connectivity index (χ2v) is 4.28. The first-order valence-electron chi connectivity index (χ1n) is 7.10. The maximum Gasteiger partial charge on any atom is 0.330 e. The van der Waals surface area contributed by atoms with Crippen molar-refractivity contribution in [2.75, 3.05) is 33.0 Å². The molecule has 0 rings (SSSR count). The van der Waals surface area contributed by atoms with Crippen LogP contribution in [0.25, 0.3) is 4.85 Å². The molecular formula is C16H20N2O6. The Hall–Kier alpha value is -2.68. The van der Waals surface area contributed by atoms with Crippen LogP contribution in [0.5, 0.6) is 0 Å². The van der Waals surface area contributed by atoms with Gasteiger partial charge in [0.15, 0.2) is 0 Å². The molecule has 0 heterocycles. The van der Waals surface area contributed by atoms with Crippen LogP contribution in [0.3, 0.4) is 0 Å². The van der Waals surface area contributed by atoms with Crippen molar-refractivity contribution < 1.29 is 28.5 Å². The summed E-state index contributed by atoms with van der Waals surface area (Å²) in [5, 5.41) is 8.58. The summed E-state index contributed by atoms with van der Waals surface area (Å²) in [6, 6.07) is 1.92. The molecule has 0 aromatic heterocycles. The van der Waals surface area contributed by atoms with Gasteiger partial charge in [-0.1, -0.05) is 13.2 Å². The number of hydrogen-bond acceptors (Lipinski definition) is 7. The zero-order chi connectivity index (χ0) is 18.2. The number of ether oxygens (including phenoxy) is 4. The Morgan fingerprint density at radius 1 is 1.08 bits per heavy atom. The predicted octanol–water partition coefficient (Wildman–Crippen LogP) is 1.05. The van der Waals surface area contributed by atoms with E-state index in [9.17, 15) is 9.59 Å². The second kappa shape index (κ2) is 13.9. The lowest BCUT2D eigenvalue weighted by atomic mass is 10.2. The molecule has 0 aromatic rings. The van der Waals surface area contributed by atoms with Gasteiger partial charge in [-0.25, -0.2) is 16.2 Å². The Morgan fingerprint density at radius 3 is 2.00 bits per heavy atom. The molecule has 2 unspecified atom stereocenters. The van der Waals surface area contributed by atoms with Crippen LogP contribution in [0.4, 0.5) is 0 Å². The van der Waals surface area contributed by atoms with E-state index in [4.69, 9.17) is 30.8 Å². The molecule has 0 aromatic carbocycles. The standard InChI is InChI=1S/C16H20N2O6/c1-4-15(19)23-11-13(21-9-6-7-17)14(22-10-8-18-3)12-24-16(20)5-2/h4-5,13-14H,1-2,6,8-12H2. The lowest BCUT2D eigenvalue weighted by Crippen LogP contribution is -2.40. The van der Waals surface area contributed by atoms with Gasteiger partial charge in [0.1, 0.15) is 32.0 Å². The second-order valence-electron chi connectivity index (χ2n) is 4.28. The van der Waals surface area contributed by atoms with Gasteiger partial charge < -0.3 is 23.8 Å². The highest BCUT2D eigenvalue weighted by Gasteiger charge is 2.26. The van der Waals surface area contributed by atoms with E-state index in [1.165, 1.54) is 0 Å². The van der Waals surface area contributed by atoms with E-state index in [0.717, 1.165) is 12.2 Å². The third kappa shape index (κ3) is 10.1. The Kier molecular flexibility index (Phi) is 12.4. The number of nitrogens with zero attached hydrogens (tertiary/aromatic N) is 2. The largest absolute Gasteiger partial charge is 0.460 e. The smallest absolute Gasteiger partial charge is 0.330 e. The number of rotatable bonds is 13. The Bertz CT molecular complexity index is 460. The van der Waals surface area contributed by atoms with Crippen molar-refractivity contribution in [2.24, 2.45) is 0 Å². The van der Waals surface area contributed by atoms with Gasteiger partial charge >= 0.3 is 11.9 Å². The van der Waals surface area contributed by atoms with Crippen LogP contribution in [0.2, 0.25) is 0 Å². The van der Waals surface area contributed by atoms with Crippen molar-refractivity contribution in [1.82, 2.24) is 0 Å². The Balaban J connectivity index is 4.88. The van der Waals surface area contributed by atoms with E-state index in [1.807, 2.05) is 6.07 Å². The first kappa shape index (κ1) is 21.3. The zero-order valence-corrected chi connectivity index (χ0v) is 13.3. The van der Waals surface area contributed by atoms with E-state index in [-0.39, 0.29) is 39.4 Å². The van der Waals surface area contributed by atoms with Crippen LogP contribution in [0.15, 0.2) is 25.3 Å². The zero-order valence-electron chi connectivity index (χ0n) is 13.3. The van der Waals surface area contributed by atoms with Gasteiger partial charge in [0, 0.05) is 12.2 Å². The summed E-state index contributed by atoms with van der Waals surface area (Å²) in [7, 11) is 0. The van der Waals surface area contributed by atoms with Crippen molar-refractivity contribution in [3.8, 4) is 6.07 Å². The first-order valence-corrected chi connectivity index (χ1v) is 7.10. The topological polar surface area (TPSA) is 99.2 Å². The summed E-state index contributed by atoms with van der Waals surface area (Å²) in [6.45, 7) is 13.3. The molecule has 0 radical (unpaired) electrons. The van der Waals surface area contributed by atoms with Gasteiger partial charge in [-0.3, -0.25) is 0 Å². The van der Waals surface area contributed by atoms with Crippen LogP contribution >= 0.6 is 0 Å². The van der Waals surface area contributed by atoms with Crippen molar-refractivity contribution in [2.45, 2.75) is 18.6 Å². The molecule has 8 nitrogen and oxygen atoms in total. The molecule has 8 heteroatoms. The number of carbonyl (C=O) groups excluding carboxylic acids is 2. The maximum atomic E-state index is 11.2. The van der Waals surface area contributed by atoms with Gasteiger partial charge in [-0.2, -0.15) is 5.26 Å². The molecule has 0 aliphatic rings. The van der Waals surface area contributed by atoms with Crippen molar-refractivity contribution in [3.05, 3.63) is 36.7 Å². The molecule has 0 aliphatic heterocycles. The fraction of sp³-hybridized carbons (Fsp3) is 0.500. The summed E-state index contributed by atoms with van der Waals surface area (Å²) in [5.41, 5.74) is 0. The molecule has 0 fully saturated rings. The first-order chi connectivity index (χ1) is 11.6. The number of esters is 2. The van der Waals surface area contributed by atoms with Crippen molar-refractivity contribution >= 4 is 11.9 Å². The summed E-state index contributed by atoms with van der Waals surface area (Å²) >= 11 is 0. The van der Waals surface area contributed by atoms with E-state index in [2.05, 4.69) is 18.0 Å². The fourth-order valence-corrected chi connectivity index (χ4v) is 1.48. The third-order valence-electron chi connectivity index (χ3n) is 2.61. The van der Waals surface area contributed by atoms with Crippen LogP contribution in [-0.2, 0) is 28.5 Å². The lowest BCUT2D eigenvalue weighted by Gasteiger charge is -2.26. The minimum absolute atomic E-state index is 0.0882.